The van der Waals surface area contributed by atoms with Crippen LogP contribution < -0.4 is 0 Å². The highest BCUT2D eigenvalue weighted by Gasteiger charge is 2.47. The van der Waals surface area contributed by atoms with Gasteiger partial charge in [-0.1, -0.05) is 30.3 Å². The Kier molecular flexibility index (Phi) is 3.66. The van der Waals surface area contributed by atoms with Gasteiger partial charge in [-0.15, -0.1) is 0 Å². The smallest absolute Gasteiger partial charge is 0.202 e. The Morgan fingerprint density at radius 2 is 2.21 bits per heavy atom. The van der Waals surface area contributed by atoms with E-state index in [4.69, 9.17) is 10.1 Å². The first-order chi connectivity index (χ1) is 9.07. The number of rotatable bonds is 4. The number of carbonyl (C=O) groups excluding carboxylic acids is 1. The first-order valence-electron chi connectivity index (χ1n) is 6.29. The van der Waals surface area contributed by atoms with Gasteiger partial charge in [0.25, 0.3) is 0 Å². The molecule has 0 saturated carbocycles. The molecule has 1 N–H and O–H groups in total. The van der Waals surface area contributed by atoms with Crippen LogP contribution in [0.25, 0.3) is 0 Å². The molecule has 1 aliphatic rings. The van der Waals surface area contributed by atoms with Crippen LogP contribution in [0.5, 0.6) is 0 Å². The number of nitrogens with one attached hydrogen (secondary N) is 1. The largest absolute Gasteiger partial charge is 0.472 e. The van der Waals surface area contributed by atoms with Crippen molar-refractivity contribution in [3.8, 4) is 6.07 Å². The van der Waals surface area contributed by atoms with Crippen molar-refractivity contribution in [2.45, 2.75) is 32.3 Å². The number of Topliss-reactive ketones (excluding diaryl/α,β-unsaturated/α-hetero) is 1. The normalized spacial score (nSPS) is 25.7. The standard InChI is InChI=1S/C15H16N2O2/c1-11(18)7-8-15(10-16)9-13(19-14(15)17)12-5-3-2-4-6-12/h2-6,13,17H,7-9H2,1H3. The van der Waals surface area contributed by atoms with Crippen LogP contribution in [0, 0.1) is 22.2 Å². The fourth-order valence-electron chi connectivity index (χ4n) is 2.32. The number of hydrogen-bond acceptors (Lipinski definition) is 4. The quantitative estimate of drug-likeness (QED) is 0.899. The maximum Gasteiger partial charge on any atom is 0.202 e. The van der Waals surface area contributed by atoms with Crippen LogP contribution in [-0.2, 0) is 9.53 Å². The molecule has 0 bridgehead atoms. The van der Waals surface area contributed by atoms with Crippen LogP contribution in [0.3, 0.4) is 0 Å². The Balaban J connectivity index is 2.18. The van der Waals surface area contributed by atoms with Gasteiger partial charge in [-0.3, -0.25) is 5.41 Å². The molecule has 4 heteroatoms. The highest BCUT2D eigenvalue weighted by Crippen LogP contribution is 2.44. The number of hydrogen-bond donors (Lipinski definition) is 1. The van der Waals surface area contributed by atoms with E-state index < -0.39 is 5.41 Å². The molecule has 1 aromatic carbocycles. The minimum absolute atomic E-state index is 0.00916. The van der Waals surface area contributed by atoms with E-state index in [2.05, 4.69) is 6.07 Å². The van der Waals surface area contributed by atoms with Gasteiger partial charge in [0.2, 0.25) is 5.90 Å². The summed E-state index contributed by atoms with van der Waals surface area (Å²) in [6.45, 7) is 1.50. The SMILES string of the molecule is CC(=O)CCC1(C#N)CC(c2ccccc2)OC1=N. The van der Waals surface area contributed by atoms with Crippen molar-refractivity contribution in [1.82, 2.24) is 0 Å². The molecule has 2 rings (SSSR count). The van der Waals surface area contributed by atoms with Gasteiger partial charge in [0, 0.05) is 12.8 Å². The number of ether oxygens (including phenoxy) is 1. The van der Waals surface area contributed by atoms with Gasteiger partial charge < -0.3 is 9.53 Å². The molecule has 1 aliphatic heterocycles. The summed E-state index contributed by atoms with van der Waals surface area (Å²) >= 11 is 0. The zero-order valence-electron chi connectivity index (χ0n) is 10.8. The van der Waals surface area contributed by atoms with Crippen molar-refractivity contribution < 1.29 is 9.53 Å². The van der Waals surface area contributed by atoms with Crippen molar-refractivity contribution in [2.24, 2.45) is 5.41 Å². The van der Waals surface area contributed by atoms with Crippen LogP contribution >= 0.6 is 0 Å². The van der Waals surface area contributed by atoms with E-state index >= 15 is 0 Å². The Bertz CT molecular complexity index is 533. The lowest BCUT2D eigenvalue weighted by Crippen LogP contribution is -2.24. The molecule has 4 nitrogen and oxygen atoms in total. The highest BCUT2D eigenvalue weighted by atomic mass is 16.5. The molecule has 0 amide bonds. The van der Waals surface area contributed by atoms with Gasteiger partial charge in [0.1, 0.15) is 17.3 Å². The number of nitrogens with zero attached hydrogens (tertiary/aromatic N) is 1. The summed E-state index contributed by atoms with van der Waals surface area (Å²) in [7, 11) is 0. The maximum atomic E-state index is 11.1. The molecule has 1 saturated heterocycles. The lowest BCUT2D eigenvalue weighted by Gasteiger charge is -2.16. The average Bonchev–Trinajstić information content (AvgIpc) is 2.75. The molecule has 1 aromatic rings. The molecule has 98 valence electrons. The minimum atomic E-state index is -0.952. The van der Waals surface area contributed by atoms with Crippen LogP contribution in [0.2, 0.25) is 0 Å². The van der Waals surface area contributed by atoms with Crippen LogP contribution in [0.15, 0.2) is 30.3 Å². The number of nitriles is 1. The zero-order chi connectivity index (χ0) is 13.9. The van der Waals surface area contributed by atoms with E-state index in [1.165, 1.54) is 6.92 Å². The number of carbonyl (C=O) groups is 1. The van der Waals surface area contributed by atoms with Crippen molar-refractivity contribution in [3.05, 3.63) is 35.9 Å². The Morgan fingerprint density at radius 1 is 1.53 bits per heavy atom. The fourth-order valence-corrected chi connectivity index (χ4v) is 2.32. The minimum Gasteiger partial charge on any atom is -0.472 e. The second-order valence-corrected chi connectivity index (χ2v) is 4.95. The second kappa shape index (κ2) is 5.23. The summed E-state index contributed by atoms with van der Waals surface area (Å²) in [6, 6.07) is 11.8. The molecule has 0 aliphatic carbocycles. The second-order valence-electron chi connectivity index (χ2n) is 4.95. The van der Waals surface area contributed by atoms with Crippen molar-refractivity contribution >= 4 is 11.7 Å². The average molecular weight is 256 g/mol. The first-order valence-corrected chi connectivity index (χ1v) is 6.29. The van der Waals surface area contributed by atoms with Crippen molar-refractivity contribution in [2.75, 3.05) is 0 Å². The van der Waals surface area contributed by atoms with E-state index in [1.807, 2.05) is 30.3 Å². The van der Waals surface area contributed by atoms with Gasteiger partial charge in [-0.25, -0.2) is 0 Å². The summed E-state index contributed by atoms with van der Waals surface area (Å²) in [6.07, 6.45) is 0.849. The van der Waals surface area contributed by atoms with Gasteiger partial charge in [-0.05, 0) is 18.9 Å². The van der Waals surface area contributed by atoms with Crippen molar-refractivity contribution in [1.29, 1.82) is 10.7 Å². The summed E-state index contributed by atoms with van der Waals surface area (Å²) in [5.41, 5.74) is 0.0128. The third-order valence-electron chi connectivity index (χ3n) is 3.52. The molecule has 0 aromatic heterocycles. The van der Waals surface area contributed by atoms with Crippen LogP contribution in [-0.4, -0.2) is 11.7 Å². The highest BCUT2D eigenvalue weighted by molar-refractivity contribution is 5.86. The van der Waals surface area contributed by atoms with Gasteiger partial charge in [-0.2, -0.15) is 5.26 Å². The van der Waals surface area contributed by atoms with Gasteiger partial charge in [0.15, 0.2) is 0 Å². The fraction of sp³-hybridized carbons (Fsp3) is 0.400. The molecule has 2 unspecified atom stereocenters. The van der Waals surface area contributed by atoms with E-state index in [1.54, 1.807) is 0 Å². The predicted octanol–water partition coefficient (Wildman–Crippen LogP) is 3.00. The van der Waals surface area contributed by atoms with E-state index in [0.717, 1.165) is 5.56 Å². The van der Waals surface area contributed by atoms with Gasteiger partial charge >= 0.3 is 0 Å². The van der Waals surface area contributed by atoms with Crippen molar-refractivity contribution in [3.63, 3.8) is 0 Å². The zero-order valence-corrected chi connectivity index (χ0v) is 10.8. The summed E-state index contributed by atoms with van der Waals surface area (Å²) in [5.74, 6) is 0.0238. The molecule has 1 fully saturated rings. The van der Waals surface area contributed by atoms with Crippen LogP contribution in [0.1, 0.15) is 37.9 Å². The Morgan fingerprint density at radius 3 is 2.79 bits per heavy atom. The van der Waals surface area contributed by atoms with E-state index in [9.17, 15) is 10.1 Å². The molecular formula is C15H16N2O2. The Labute approximate surface area is 112 Å². The predicted molar refractivity (Wildman–Crippen MR) is 70.6 cm³/mol. The molecule has 2 atom stereocenters. The third kappa shape index (κ3) is 2.65. The lowest BCUT2D eigenvalue weighted by atomic mass is 9.80. The maximum absolute atomic E-state index is 11.1. The van der Waals surface area contributed by atoms with E-state index in [-0.39, 0.29) is 17.8 Å². The topological polar surface area (TPSA) is 73.9 Å². The molecule has 0 spiro atoms. The number of benzene rings is 1. The third-order valence-corrected chi connectivity index (χ3v) is 3.52. The molecular weight excluding hydrogens is 240 g/mol. The lowest BCUT2D eigenvalue weighted by molar-refractivity contribution is -0.117. The number of ketones is 1. The van der Waals surface area contributed by atoms with Gasteiger partial charge in [0.05, 0.1) is 6.07 Å². The summed E-state index contributed by atoms with van der Waals surface area (Å²) in [4.78, 5) is 11.1. The van der Waals surface area contributed by atoms with E-state index in [0.29, 0.717) is 19.3 Å². The summed E-state index contributed by atoms with van der Waals surface area (Å²) < 4.78 is 5.54. The van der Waals surface area contributed by atoms with Crippen LogP contribution in [0.4, 0.5) is 0 Å². The first kappa shape index (κ1) is 13.3. The Hall–Kier alpha value is -2.15. The molecule has 1 heterocycles. The monoisotopic (exact) mass is 256 g/mol. The summed E-state index contributed by atoms with van der Waals surface area (Å²) in [5, 5.41) is 17.3. The molecule has 19 heavy (non-hydrogen) atoms. The molecule has 0 radical (unpaired) electrons.